The number of rotatable bonds is 4. The summed E-state index contributed by atoms with van der Waals surface area (Å²) in [5.74, 6) is 0.787. The number of hydrogen-bond donors (Lipinski definition) is 2. The first kappa shape index (κ1) is 17.6. The highest BCUT2D eigenvalue weighted by Gasteiger charge is 2.20. The summed E-state index contributed by atoms with van der Waals surface area (Å²) in [6.45, 7) is 0. The van der Waals surface area contributed by atoms with E-state index in [4.69, 9.17) is 14.9 Å². The molecule has 6 heteroatoms. The van der Waals surface area contributed by atoms with Crippen LogP contribution in [0.2, 0.25) is 0 Å². The van der Waals surface area contributed by atoms with Crippen LogP contribution in [0, 0.1) is 0 Å². The second kappa shape index (κ2) is 7.70. The van der Waals surface area contributed by atoms with Crippen LogP contribution in [0.4, 0.5) is 0 Å². The van der Waals surface area contributed by atoms with Crippen LogP contribution in [0.1, 0.15) is 31.2 Å². The first-order valence-electron chi connectivity index (χ1n) is 7.75. The molecule has 1 aliphatic rings. The molecule has 0 spiro atoms. The Morgan fingerprint density at radius 1 is 1.35 bits per heavy atom. The lowest BCUT2D eigenvalue weighted by molar-refractivity contribution is -0.121. The number of ether oxygens (including phenoxy) is 1. The zero-order chi connectivity index (χ0) is 15.5. The highest BCUT2D eigenvalue weighted by Crippen LogP contribution is 2.26. The van der Waals surface area contributed by atoms with Crippen molar-refractivity contribution in [1.82, 2.24) is 5.32 Å². The largest absolute Gasteiger partial charge is 0.497 e. The monoisotopic (exact) mass is 338 g/mol. The molecule has 0 bridgehead atoms. The third kappa shape index (κ3) is 4.18. The van der Waals surface area contributed by atoms with E-state index in [0.717, 1.165) is 48.0 Å². The van der Waals surface area contributed by atoms with Gasteiger partial charge in [0, 0.05) is 29.1 Å². The van der Waals surface area contributed by atoms with E-state index in [0.29, 0.717) is 12.5 Å². The van der Waals surface area contributed by atoms with Gasteiger partial charge in [0.15, 0.2) is 0 Å². The number of furan rings is 1. The Labute approximate surface area is 142 Å². The van der Waals surface area contributed by atoms with Gasteiger partial charge in [-0.2, -0.15) is 0 Å². The molecule has 1 fully saturated rings. The first-order valence-corrected chi connectivity index (χ1v) is 7.75. The number of methoxy groups -OCH3 is 1. The fourth-order valence-corrected chi connectivity index (χ4v) is 3.04. The molecule has 1 heterocycles. The van der Waals surface area contributed by atoms with Crippen molar-refractivity contribution in [3.63, 3.8) is 0 Å². The number of hydrogen-bond acceptors (Lipinski definition) is 4. The van der Waals surface area contributed by atoms with Crippen molar-refractivity contribution >= 4 is 29.3 Å². The molecule has 1 saturated carbocycles. The standard InChI is InChI=1S/C17H22N2O3.ClH/c1-21-14-6-7-15-11(10-22-16(15)9-14)8-17(20)19-13-4-2-12(18)3-5-13;/h6-7,9-10,12-13H,2-5,8,18H2,1H3,(H,19,20);1H. The van der Waals surface area contributed by atoms with Crippen LogP contribution >= 0.6 is 12.4 Å². The fourth-order valence-electron chi connectivity index (χ4n) is 3.04. The smallest absolute Gasteiger partial charge is 0.224 e. The molecule has 23 heavy (non-hydrogen) atoms. The summed E-state index contributed by atoms with van der Waals surface area (Å²) in [7, 11) is 1.62. The Hall–Kier alpha value is -1.72. The van der Waals surface area contributed by atoms with Crippen LogP contribution < -0.4 is 15.8 Å². The topological polar surface area (TPSA) is 77.5 Å². The van der Waals surface area contributed by atoms with Gasteiger partial charge in [0.05, 0.1) is 19.8 Å². The molecule has 1 aliphatic carbocycles. The molecule has 0 unspecified atom stereocenters. The second-order valence-corrected chi connectivity index (χ2v) is 5.98. The second-order valence-electron chi connectivity index (χ2n) is 5.98. The first-order chi connectivity index (χ1) is 10.7. The molecule has 0 atom stereocenters. The minimum Gasteiger partial charge on any atom is -0.497 e. The van der Waals surface area contributed by atoms with Crippen molar-refractivity contribution < 1.29 is 13.9 Å². The lowest BCUT2D eigenvalue weighted by Crippen LogP contribution is -2.41. The molecule has 3 rings (SSSR count). The Balaban J connectivity index is 0.00000192. The van der Waals surface area contributed by atoms with E-state index in [2.05, 4.69) is 5.32 Å². The maximum Gasteiger partial charge on any atom is 0.224 e. The maximum absolute atomic E-state index is 12.2. The van der Waals surface area contributed by atoms with Gasteiger partial charge in [-0.3, -0.25) is 4.79 Å². The van der Waals surface area contributed by atoms with E-state index in [1.54, 1.807) is 13.4 Å². The normalized spacial score (nSPS) is 20.8. The molecule has 0 saturated heterocycles. The zero-order valence-corrected chi connectivity index (χ0v) is 14.0. The summed E-state index contributed by atoms with van der Waals surface area (Å²) in [6, 6.07) is 6.19. The van der Waals surface area contributed by atoms with Crippen LogP contribution in [-0.4, -0.2) is 25.1 Å². The van der Waals surface area contributed by atoms with Crippen molar-refractivity contribution in [2.45, 2.75) is 44.2 Å². The van der Waals surface area contributed by atoms with Crippen molar-refractivity contribution in [2.24, 2.45) is 5.73 Å². The molecule has 0 aliphatic heterocycles. The summed E-state index contributed by atoms with van der Waals surface area (Å²) in [5, 5.41) is 4.06. The van der Waals surface area contributed by atoms with Gasteiger partial charge in [-0.25, -0.2) is 0 Å². The third-order valence-corrected chi connectivity index (χ3v) is 4.35. The predicted octanol–water partition coefficient (Wildman–Crippen LogP) is 2.79. The summed E-state index contributed by atoms with van der Waals surface area (Å²) in [5.41, 5.74) is 7.53. The number of carbonyl (C=O) groups excluding carboxylic acids is 1. The van der Waals surface area contributed by atoms with Gasteiger partial charge in [0.25, 0.3) is 0 Å². The fraction of sp³-hybridized carbons (Fsp3) is 0.471. The van der Waals surface area contributed by atoms with Gasteiger partial charge >= 0.3 is 0 Å². The minimum atomic E-state index is 0. The molecule has 1 aromatic carbocycles. The highest BCUT2D eigenvalue weighted by atomic mass is 35.5. The number of carbonyl (C=O) groups is 1. The van der Waals surface area contributed by atoms with E-state index in [9.17, 15) is 4.79 Å². The molecular weight excluding hydrogens is 316 g/mol. The lowest BCUT2D eigenvalue weighted by Gasteiger charge is -2.26. The summed E-state index contributed by atoms with van der Waals surface area (Å²) < 4.78 is 10.7. The van der Waals surface area contributed by atoms with Gasteiger partial charge < -0.3 is 20.2 Å². The number of nitrogens with two attached hydrogens (primary N) is 1. The number of halogens is 1. The van der Waals surface area contributed by atoms with E-state index in [-0.39, 0.29) is 24.4 Å². The van der Waals surface area contributed by atoms with Crippen molar-refractivity contribution in [3.8, 4) is 5.75 Å². The van der Waals surface area contributed by atoms with Crippen molar-refractivity contribution in [3.05, 3.63) is 30.0 Å². The van der Waals surface area contributed by atoms with Gasteiger partial charge in [-0.05, 0) is 37.8 Å². The van der Waals surface area contributed by atoms with Crippen LogP contribution in [-0.2, 0) is 11.2 Å². The van der Waals surface area contributed by atoms with Crippen molar-refractivity contribution in [2.75, 3.05) is 7.11 Å². The molecule has 5 nitrogen and oxygen atoms in total. The Bertz CT molecular complexity index is 663. The third-order valence-electron chi connectivity index (χ3n) is 4.35. The molecule has 1 amide bonds. The van der Waals surface area contributed by atoms with Gasteiger partial charge in [0.1, 0.15) is 11.3 Å². The van der Waals surface area contributed by atoms with Gasteiger partial charge in [-0.1, -0.05) is 0 Å². The average molecular weight is 339 g/mol. The van der Waals surface area contributed by atoms with E-state index >= 15 is 0 Å². The van der Waals surface area contributed by atoms with Crippen LogP contribution in [0.5, 0.6) is 5.75 Å². The zero-order valence-electron chi connectivity index (χ0n) is 13.2. The molecular formula is C17H23ClN2O3. The SMILES string of the molecule is COc1ccc2c(CC(=O)NC3CCC(N)CC3)coc2c1.Cl. The molecule has 1 aromatic heterocycles. The van der Waals surface area contributed by atoms with Crippen LogP contribution in [0.15, 0.2) is 28.9 Å². The average Bonchev–Trinajstić information content (AvgIpc) is 2.91. The van der Waals surface area contributed by atoms with Crippen LogP contribution in [0.3, 0.4) is 0 Å². The van der Waals surface area contributed by atoms with E-state index < -0.39 is 0 Å². The number of benzene rings is 1. The Morgan fingerprint density at radius 2 is 2.09 bits per heavy atom. The molecule has 2 aromatic rings. The lowest BCUT2D eigenvalue weighted by atomic mass is 9.91. The molecule has 126 valence electrons. The van der Waals surface area contributed by atoms with Gasteiger partial charge in [-0.15, -0.1) is 12.4 Å². The maximum atomic E-state index is 12.2. The Kier molecular flexibility index (Phi) is 5.91. The van der Waals surface area contributed by atoms with Gasteiger partial charge in [0.2, 0.25) is 5.91 Å². The Morgan fingerprint density at radius 3 is 2.78 bits per heavy atom. The van der Waals surface area contributed by atoms with Crippen LogP contribution in [0.25, 0.3) is 11.0 Å². The summed E-state index contributed by atoms with van der Waals surface area (Å²) in [4.78, 5) is 12.2. The molecule has 0 radical (unpaired) electrons. The number of fused-ring (bicyclic) bond motifs is 1. The van der Waals surface area contributed by atoms with E-state index in [1.165, 1.54) is 0 Å². The minimum absolute atomic E-state index is 0. The van der Waals surface area contributed by atoms with Crippen molar-refractivity contribution in [1.29, 1.82) is 0 Å². The predicted molar refractivity (Wildman–Crippen MR) is 92.1 cm³/mol. The highest BCUT2D eigenvalue weighted by molar-refractivity contribution is 5.88. The number of amides is 1. The number of nitrogens with one attached hydrogen (secondary N) is 1. The summed E-state index contributed by atoms with van der Waals surface area (Å²) >= 11 is 0. The molecule has 3 N–H and O–H groups in total. The van der Waals surface area contributed by atoms with E-state index in [1.807, 2.05) is 18.2 Å². The summed E-state index contributed by atoms with van der Waals surface area (Å²) in [6.07, 6.45) is 5.90. The quantitative estimate of drug-likeness (QED) is 0.898.